The van der Waals surface area contributed by atoms with Gasteiger partial charge in [0.15, 0.2) is 0 Å². The quantitative estimate of drug-likeness (QED) is 0.135. The number of allylic oxidation sites excluding steroid dienone is 5. The van der Waals surface area contributed by atoms with E-state index in [9.17, 15) is 14.7 Å². The number of hydrogen-bond donors (Lipinski definition) is 2. The van der Waals surface area contributed by atoms with E-state index >= 15 is 0 Å². The second-order valence-corrected chi connectivity index (χ2v) is 8.60. The monoisotopic (exact) mass is 434 g/mol. The molecule has 0 radical (unpaired) electrons. The van der Waals surface area contributed by atoms with E-state index in [4.69, 9.17) is 9.84 Å². The van der Waals surface area contributed by atoms with Gasteiger partial charge in [0.25, 0.3) is 0 Å². The summed E-state index contributed by atoms with van der Waals surface area (Å²) < 4.78 is 5.57. The summed E-state index contributed by atoms with van der Waals surface area (Å²) in [6.45, 7) is 3.62. The van der Waals surface area contributed by atoms with Crippen LogP contribution in [0, 0.1) is 11.8 Å². The maximum atomic E-state index is 11.6. The van der Waals surface area contributed by atoms with Crippen molar-refractivity contribution in [2.45, 2.75) is 103 Å². The van der Waals surface area contributed by atoms with Gasteiger partial charge in [0, 0.05) is 19.3 Å². The molecule has 0 bridgehead atoms. The predicted molar refractivity (Wildman–Crippen MR) is 125 cm³/mol. The molecule has 0 amide bonds. The van der Waals surface area contributed by atoms with Gasteiger partial charge in [-0.05, 0) is 38.0 Å². The molecule has 0 heterocycles. The molecule has 0 aliphatic heterocycles. The van der Waals surface area contributed by atoms with E-state index in [0.717, 1.165) is 25.7 Å². The largest absolute Gasteiger partial charge is 0.481 e. The van der Waals surface area contributed by atoms with E-state index in [1.807, 2.05) is 18.2 Å². The summed E-state index contributed by atoms with van der Waals surface area (Å²) in [5.41, 5.74) is 0. The minimum absolute atomic E-state index is 0.0834. The van der Waals surface area contributed by atoms with Crippen LogP contribution in [0.1, 0.15) is 90.9 Å². The third kappa shape index (κ3) is 13.2. The highest BCUT2D eigenvalue weighted by Crippen LogP contribution is 2.33. The number of unbranched alkanes of at least 4 members (excludes halogenated alkanes) is 5. The molecule has 1 rings (SSSR count). The van der Waals surface area contributed by atoms with Crippen molar-refractivity contribution >= 4 is 11.9 Å². The summed E-state index contributed by atoms with van der Waals surface area (Å²) >= 11 is 0. The second kappa shape index (κ2) is 16.8. The van der Waals surface area contributed by atoms with Gasteiger partial charge >= 0.3 is 11.9 Å². The Bertz CT molecular complexity index is 593. The Balaban J connectivity index is 2.53. The van der Waals surface area contributed by atoms with Crippen molar-refractivity contribution in [3.63, 3.8) is 0 Å². The van der Waals surface area contributed by atoms with E-state index in [2.05, 4.69) is 25.2 Å². The maximum absolute atomic E-state index is 11.6. The smallest absolute Gasteiger partial charge is 0.303 e. The van der Waals surface area contributed by atoms with Gasteiger partial charge in [0.1, 0.15) is 6.10 Å². The van der Waals surface area contributed by atoms with Crippen molar-refractivity contribution in [3.05, 3.63) is 36.5 Å². The Morgan fingerprint density at radius 1 is 1.03 bits per heavy atom. The van der Waals surface area contributed by atoms with Crippen LogP contribution < -0.4 is 0 Å². The standard InChI is InChI=1S/C26H42O5/c1-3-4-5-6-7-8-16-23(28)17-11-9-14-22-15-10-12-18-24(22)25(31-21(2)27)19-13-20-26(29)30/h9-12,14,17,22-25,28H,3-8,13,15-16,18-20H2,1-2H3,(H,29,30)/t22-,23?,24+,25?/m0/s1. The number of carboxylic acids is 1. The normalized spacial score (nSPS) is 20.9. The fourth-order valence-electron chi connectivity index (χ4n) is 4.16. The SMILES string of the molecule is CCCCCCCCC(O)C=CC=C[C@H]1CC=CC[C@H]1C(CCCC(=O)O)OC(C)=O. The first kappa shape index (κ1) is 27.2. The first-order valence-corrected chi connectivity index (χ1v) is 12.0. The van der Waals surface area contributed by atoms with Crippen molar-refractivity contribution in [1.29, 1.82) is 0 Å². The van der Waals surface area contributed by atoms with Crippen LogP contribution in [0.25, 0.3) is 0 Å². The molecule has 2 N–H and O–H groups in total. The average molecular weight is 435 g/mol. The molecular weight excluding hydrogens is 392 g/mol. The zero-order valence-electron chi connectivity index (χ0n) is 19.4. The van der Waals surface area contributed by atoms with Crippen LogP contribution >= 0.6 is 0 Å². The topological polar surface area (TPSA) is 83.8 Å². The third-order valence-corrected chi connectivity index (χ3v) is 5.86. The molecule has 0 saturated heterocycles. The van der Waals surface area contributed by atoms with E-state index in [-0.39, 0.29) is 30.3 Å². The first-order valence-electron chi connectivity index (χ1n) is 12.0. The Labute approximate surface area is 188 Å². The minimum Gasteiger partial charge on any atom is -0.481 e. The zero-order chi connectivity index (χ0) is 22.9. The number of hydrogen-bond acceptors (Lipinski definition) is 4. The summed E-state index contributed by atoms with van der Waals surface area (Å²) in [6.07, 6.45) is 22.3. The average Bonchev–Trinajstić information content (AvgIpc) is 2.73. The van der Waals surface area contributed by atoms with Gasteiger partial charge in [0.05, 0.1) is 6.10 Å². The molecule has 5 heteroatoms. The summed E-state index contributed by atoms with van der Waals surface area (Å²) in [7, 11) is 0. The van der Waals surface area contributed by atoms with Crippen LogP contribution in [0.15, 0.2) is 36.5 Å². The fourth-order valence-corrected chi connectivity index (χ4v) is 4.16. The fraction of sp³-hybridized carbons (Fsp3) is 0.692. The van der Waals surface area contributed by atoms with Crippen molar-refractivity contribution in [3.8, 4) is 0 Å². The summed E-state index contributed by atoms with van der Waals surface area (Å²) in [4.78, 5) is 22.4. The maximum Gasteiger partial charge on any atom is 0.303 e. The molecule has 0 aromatic carbocycles. The number of ether oxygens (including phenoxy) is 1. The molecule has 1 aliphatic carbocycles. The lowest BCUT2D eigenvalue weighted by Crippen LogP contribution is -2.32. The third-order valence-electron chi connectivity index (χ3n) is 5.86. The van der Waals surface area contributed by atoms with Crippen LogP contribution in [0.4, 0.5) is 0 Å². The Hall–Kier alpha value is -1.88. The molecule has 1 aliphatic rings. The molecule has 0 aromatic rings. The molecule has 0 spiro atoms. The van der Waals surface area contributed by atoms with E-state index in [1.165, 1.54) is 39.0 Å². The van der Waals surface area contributed by atoms with Gasteiger partial charge < -0.3 is 14.9 Å². The number of aliphatic hydroxyl groups excluding tert-OH is 1. The van der Waals surface area contributed by atoms with Crippen LogP contribution in [0.5, 0.6) is 0 Å². The van der Waals surface area contributed by atoms with Gasteiger partial charge in [-0.25, -0.2) is 0 Å². The van der Waals surface area contributed by atoms with Gasteiger partial charge in [-0.2, -0.15) is 0 Å². The number of aliphatic carboxylic acids is 1. The van der Waals surface area contributed by atoms with Crippen LogP contribution in [-0.2, 0) is 14.3 Å². The lowest BCUT2D eigenvalue weighted by atomic mass is 9.78. The number of carboxylic acid groups (broad SMARTS) is 1. The number of rotatable bonds is 16. The van der Waals surface area contributed by atoms with Crippen LogP contribution in [0.3, 0.4) is 0 Å². The molecule has 0 aromatic heterocycles. The molecular formula is C26H42O5. The van der Waals surface area contributed by atoms with Crippen LogP contribution in [0.2, 0.25) is 0 Å². The molecule has 5 nitrogen and oxygen atoms in total. The molecule has 176 valence electrons. The molecule has 31 heavy (non-hydrogen) atoms. The highest BCUT2D eigenvalue weighted by molar-refractivity contribution is 5.67. The molecule has 2 unspecified atom stereocenters. The zero-order valence-corrected chi connectivity index (χ0v) is 19.4. The Kier molecular flexibility index (Phi) is 14.7. The first-order chi connectivity index (χ1) is 14.9. The van der Waals surface area contributed by atoms with Crippen molar-refractivity contribution in [2.24, 2.45) is 11.8 Å². The van der Waals surface area contributed by atoms with Crippen LogP contribution in [-0.4, -0.2) is 34.4 Å². The Morgan fingerprint density at radius 2 is 1.74 bits per heavy atom. The summed E-state index contributed by atoms with van der Waals surface area (Å²) in [5.74, 6) is -0.790. The van der Waals surface area contributed by atoms with Gasteiger partial charge in [-0.3, -0.25) is 9.59 Å². The molecule has 0 fully saturated rings. The second-order valence-electron chi connectivity index (χ2n) is 8.60. The van der Waals surface area contributed by atoms with E-state index in [1.54, 1.807) is 0 Å². The summed E-state index contributed by atoms with van der Waals surface area (Å²) in [5, 5.41) is 19.0. The van der Waals surface area contributed by atoms with Gasteiger partial charge in [-0.15, -0.1) is 0 Å². The van der Waals surface area contributed by atoms with E-state index < -0.39 is 12.1 Å². The molecule has 0 saturated carbocycles. The van der Waals surface area contributed by atoms with E-state index in [0.29, 0.717) is 12.8 Å². The van der Waals surface area contributed by atoms with Gasteiger partial charge in [-0.1, -0.05) is 81.9 Å². The van der Waals surface area contributed by atoms with Crippen molar-refractivity contribution in [1.82, 2.24) is 0 Å². The summed E-state index contributed by atoms with van der Waals surface area (Å²) in [6, 6.07) is 0. The van der Waals surface area contributed by atoms with Crippen molar-refractivity contribution < 1.29 is 24.5 Å². The predicted octanol–water partition coefficient (Wildman–Crippen LogP) is 5.98. The van der Waals surface area contributed by atoms with Crippen molar-refractivity contribution in [2.75, 3.05) is 0 Å². The lowest BCUT2D eigenvalue weighted by Gasteiger charge is -2.33. The highest BCUT2D eigenvalue weighted by Gasteiger charge is 2.30. The Morgan fingerprint density at radius 3 is 2.45 bits per heavy atom. The molecule has 4 atom stereocenters. The number of carbonyl (C=O) groups excluding carboxylic acids is 1. The highest BCUT2D eigenvalue weighted by atomic mass is 16.5. The number of carbonyl (C=O) groups is 2. The van der Waals surface area contributed by atoms with Gasteiger partial charge in [0.2, 0.25) is 0 Å². The number of esters is 1. The number of aliphatic hydroxyl groups is 1. The lowest BCUT2D eigenvalue weighted by molar-refractivity contribution is -0.150. The minimum atomic E-state index is -0.828.